The molecule has 15 heavy (non-hydrogen) atoms. The molecular formula is C9H14N4O2. The highest BCUT2D eigenvalue weighted by Crippen LogP contribution is 2.18. The highest BCUT2D eigenvalue weighted by Gasteiger charge is 2.31. The highest BCUT2D eigenvalue weighted by atomic mass is 16.5. The van der Waals surface area contributed by atoms with Gasteiger partial charge in [-0.25, -0.2) is 0 Å². The van der Waals surface area contributed by atoms with Crippen LogP contribution in [0.15, 0.2) is 6.07 Å². The van der Waals surface area contributed by atoms with Gasteiger partial charge in [0.05, 0.1) is 12.1 Å². The van der Waals surface area contributed by atoms with Crippen molar-refractivity contribution in [2.45, 2.75) is 18.9 Å². The van der Waals surface area contributed by atoms with Crippen LogP contribution in [-0.4, -0.2) is 34.9 Å². The number of hydrogen-bond donors (Lipinski definition) is 3. The number of rotatable bonds is 2. The second-order valence-electron chi connectivity index (χ2n) is 4.02. The van der Waals surface area contributed by atoms with Gasteiger partial charge in [0.2, 0.25) is 0 Å². The van der Waals surface area contributed by atoms with Crippen LogP contribution in [0.4, 0.5) is 5.82 Å². The summed E-state index contributed by atoms with van der Waals surface area (Å²) < 4.78 is 5.24. The molecule has 2 rings (SSSR count). The van der Waals surface area contributed by atoms with Crippen molar-refractivity contribution >= 4 is 11.7 Å². The van der Waals surface area contributed by atoms with Gasteiger partial charge >= 0.3 is 0 Å². The number of nitrogens with one attached hydrogen (secondary N) is 2. The van der Waals surface area contributed by atoms with Crippen LogP contribution in [0, 0.1) is 0 Å². The fourth-order valence-corrected chi connectivity index (χ4v) is 1.56. The average Bonchev–Trinajstić information content (AvgIpc) is 2.75. The third-order valence-corrected chi connectivity index (χ3v) is 2.48. The minimum Gasteiger partial charge on any atom is -0.382 e. The van der Waals surface area contributed by atoms with Gasteiger partial charge in [-0.3, -0.25) is 9.89 Å². The predicted octanol–water partition coefficient (Wildman–Crippen LogP) is -0.0993. The fraction of sp³-hybridized carbons (Fsp3) is 0.556. The van der Waals surface area contributed by atoms with Crippen molar-refractivity contribution < 1.29 is 9.53 Å². The maximum Gasteiger partial charge on any atom is 0.269 e. The Hall–Kier alpha value is -1.56. The van der Waals surface area contributed by atoms with E-state index in [4.69, 9.17) is 10.5 Å². The number of anilines is 1. The Kier molecular flexibility index (Phi) is 2.36. The first-order valence-electron chi connectivity index (χ1n) is 4.80. The van der Waals surface area contributed by atoms with Crippen molar-refractivity contribution in [2.24, 2.45) is 0 Å². The molecular weight excluding hydrogens is 196 g/mol. The molecule has 1 aliphatic heterocycles. The van der Waals surface area contributed by atoms with Crippen LogP contribution in [-0.2, 0) is 4.74 Å². The number of nitrogens with two attached hydrogens (primary N) is 1. The summed E-state index contributed by atoms with van der Waals surface area (Å²) >= 11 is 0. The van der Waals surface area contributed by atoms with Crippen molar-refractivity contribution in [2.75, 3.05) is 18.9 Å². The lowest BCUT2D eigenvalue weighted by molar-refractivity contribution is 0.0884. The molecule has 1 atom stereocenters. The third kappa shape index (κ3) is 2.10. The maximum atomic E-state index is 11.7. The average molecular weight is 210 g/mol. The number of nitrogen functional groups attached to an aromatic ring is 1. The van der Waals surface area contributed by atoms with Gasteiger partial charge in [0, 0.05) is 12.7 Å². The number of aromatic nitrogens is 2. The summed E-state index contributed by atoms with van der Waals surface area (Å²) in [5, 5.41) is 9.16. The molecule has 1 aliphatic rings. The van der Waals surface area contributed by atoms with E-state index in [0.29, 0.717) is 24.7 Å². The van der Waals surface area contributed by atoms with Crippen LogP contribution in [0.1, 0.15) is 23.8 Å². The quantitative estimate of drug-likeness (QED) is 0.635. The van der Waals surface area contributed by atoms with Crippen molar-refractivity contribution in [3.05, 3.63) is 11.8 Å². The molecule has 1 saturated heterocycles. The first kappa shape index (κ1) is 9.97. The monoisotopic (exact) mass is 210 g/mol. The van der Waals surface area contributed by atoms with Gasteiger partial charge in [0.15, 0.2) is 0 Å². The number of carbonyl (C=O) groups is 1. The Labute approximate surface area is 87.2 Å². The van der Waals surface area contributed by atoms with Crippen molar-refractivity contribution in [1.82, 2.24) is 15.5 Å². The lowest BCUT2D eigenvalue weighted by Gasteiger charge is -2.22. The van der Waals surface area contributed by atoms with E-state index < -0.39 is 0 Å². The largest absolute Gasteiger partial charge is 0.382 e. The lowest BCUT2D eigenvalue weighted by atomic mass is 10.0. The van der Waals surface area contributed by atoms with Gasteiger partial charge < -0.3 is 15.8 Å². The fourth-order valence-electron chi connectivity index (χ4n) is 1.56. The summed E-state index contributed by atoms with van der Waals surface area (Å²) in [6, 6.07) is 1.51. The number of nitrogens with zero attached hydrogens (tertiary/aromatic N) is 1. The van der Waals surface area contributed by atoms with Crippen LogP contribution in [0.3, 0.4) is 0 Å². The smallest absolute Gasteiger partial charge is 0.269 e. The molecule has 6 heteroatoms. The minimum absolute atomic E-state index is 0.202. The molecule has 0 aliphatic carbocycles. The van der Waals surface area contributed by atoms with Crippen molar-refractivity contribution in [3.8, 4) is 0 Å². The van der Waals surface area contributed by atoms with E-state index in [0.717, 1.165) is 6.42 Å². The van der Waals surface area contributed by atoms with E-state index in [1.165, 1.54) is 6.07 Å². The highest BCUT2D eigenvalue weighted by molar-refractivity contribution is 5.93. The Balaban J connectivity index is 2.03. The number of ether oxygens (including phenoxy) is 1. The second-order valence-corrected chi connectivity index (χ2v) is 4.02. The molecule has 0 spiro atoms. The second kappa shape index (κ2) is 3.54. The molecule has 1 aromatic heterocycles. The summed E-state index contributed by atoms with van der Waals surface area (Å²) in [5.41, 5.74) is 5.51. The van der Waals surface area contributed by atoms with Crippen LogP contribution in [0.25, 0.3) is 0 Å². The van der Waals surface area contributed by atoms with Gasteiger partial charge in [0.25, 0.3) is 5.91 Å². The number of aromatic amines is 1. The summed E-state index contributed by atoms with van der Waals surface area (Å²) in [5.74, 6) is 0.111. The summed E-state index contributed by atoms with van der Waals surface area (Å²) in [7, 11) is 0. The Bertz CT molecular complexity index is 368. The minimum atomic E-state index is -0.281. The first-order valence-corrected chi connectivity index (χ1v) is 4.80. The standard InChI is InChI=1S/C9H14N4O2/c1-9(2-3-15-5-9)11-8(14)6-4-7(10)13-12-6/h4H,2-3,5H2,1H3,(H,11,14)(H3,10,12,13). The molecule has 0 aromatic carbocycles. The van der Waals surface area contributed by atoms with Crippen LogP contribution in [0.2, 0.25) is 0 Å². The van der Waals surface area contributed by atoms with Gasteiger partial charge in [-0.15, -0.1) is 0 Å². The summed E-state index contributed by atoms with van der Waals surface area (Å²) in [6.45, 7) is 3.18. The van der Waals surface area contributed by atoms with Crippen LogP contribution in [0.5, 0.6) is 0 Å². The zero-order valence-corrected chi connectivity index (χ0v) is 8.54. The number of carbonyl (C=O) groups excluding carboxylic acids is 1. The number of hydrogen-bond acceptors (Lipinski definition) is 4. The lowest BCUT2D eigenvalue weighted by Crippen LogP contribution is -2.46. The zero-order chi connectivity index (χ0) is 10.9. The number of H-pyrrole nitrogens is 1. The molecule has 1 aromatic rings. The van der Waals surface area contributed by atoms with E-state index in [9.17, 15) is 4.79 Å². The summed E-state index contributed by atoms with van der Waals surface area (Å²) in [4.78, 5) is 11.7. The molecule has 2 heterocycles. The molecule has 1 unspecified atom stereocenters. The summed E-state index contributed by atoms with van der Waals surface area (Å²) in [6.07, 6.45) is 0.822. The van der Waals surface area contributed by atoms with E-state index in [1.54, 1.807) is 0 Å². The Morgan fingerprint density at radius 1 is 1.80 bits per heavy atom. The van der Waals surface area contributed by atoms with Gasteiger partial charge in [-0.1, -0.05) is 0 Å². The zero-order valence-electron chi connectivity index (χ0n) is 8.54. The number of amides is 1. The van der Waals surface area contributed by atoms with E-state index >= 15 is 0 Å². The Morgan fingerprint density at radius 3 is 3.13 bits per heavy atom. The Morgan fingerprint density at radius 2 is 2.60 bits per heavy atom. The van der Waals surface area contributed by atoms with Crippen LogP contribution < -0.4 is 11.1 Å². The first-order chi connectivity index (χ1) is 7.09. The van der Waals surface area contributed by atoms with Crippen molar-refractivity contribution in [3.63, 3.8) is 0 Å². The van der Waals surface area contributed by atoms with Gasteiger partial charge in [-0.05, 0) is 13.3 Å². The third-order valence-electron chi connectivity index (χ3n) is 2.48. The molecule has 4 N–H and O–H groups in total. The molecule has 0 saturated carbocycles. The normalized spacial score (nSPS) is 25.4. The van der Waals surface area contributed by atoms with E-state index in [2.05, 4.69) is 15.5 Å². The molecule has 0 radical (unpaired) electrons. The topological polar surface area (TPSA) is 93.0 Å². The van der Waals surface area contributed by atoms with Crippen LogP contribution >= 0.6 is 0 Å². The van der Waals surface area contributed by atoms with E-state index in [1.807, 2.05) is 6.92 Å². The molecule has 82 valence electrons. The molecule has 6 nitrogen and oxygen atoms in total. The predicted molar refractivity (Wildman–Crippen MR) is 54.3 cm³/mol. The molecule has 0 bridgehead atoms. The SMILES string of the molecule is CC1(NC(=O)c2cc(N)n[nH]2)CCOC1. The molecule has 1 fully saturated rings. The molecule has 1 amide bonds. The van der Waals surface area contributed by atoms with E-state index in [-0.39, 0.29) is 11.4 Å². The van der Waals surface area contributed by atoms with Gasteiger partial charge in [0.1, 0.15) is 11.5 Å². The maximum absolute atomic E-state index is 11.7. The van der Waals surface area contributed by atoms with Crippen molar-refractivity contribution in [1.29, 1.82) is 0 Å². The van der Waals surface area contributed by atoms with Gasteiger partial charge in [-0.2, -0.15) is 5.10 Å².